The largest absolute Gasteiger partial charge is 0.301 e. The maximum Gasteiger partial charge on any atom is 0.0466 e. The van der Waals surface area contributed by atoms with Crippen LogP contribution in [0.5, 0.6) is 0 Å². The first-order chi connectivity index (χ1) is 6.86. The summed E-state index contributed by atoms with van der Waals surface area (Å²) in [5.74, 6) is 0. The third-order valence-electron chi connectivity index (χ3n) is 2.79. The van der Waals surface area contributed by atoms with Gasteiger partial charge in [0.1, 0.15) is 0 Å². The normalized spacial score (nSPS) is 16.4. The smallest absolute Gasteiger partial charge is 0.0466 e. The summed E-state index contributed by atoms with van der Waals surface area (Å²) in [6, 6.07) is 1.50. The fraction of sp³-hybridized carbons (Fsp3) is 0.833. The number of hydrogen-bond donors (Lipinski definition) is 0. The highest BCUT2D eigenvalue weighted by atomic mass is 28.2. The van der Waals surface area contributed by atoms with Crippen molar-refractivity contribution in [3.05, 3.63) is 11.3 Å². The lowest BCUT2D eigenvalue weighted by Gasteiger charge is -2.04. The average molecular weight is 211 g/mol. The summed E-state index contributed by atoms with van der Waals surface area (Å²) in [6.45, 7) is 8.71. The number of rotatable bonds is 8. The number of hydrogen-bond acceptors (Lipinski definition) is 1. The molecule has 0 aromatic carbocycles. The van der Waals surface area contributed by atoms with E-state index in [0.29, 0.717) is 0 Å². The zero-order valence-electron chi connectivity index (χ0n) is 9.89. The fourth-order valence-electron chi connectivity index (χ4n) is 1.89. The zero-order chi connectivity index (χ0) is 10.2. The van der Waals surface area contributed by atoms with Crippen LogP contribution in [0.15, 0.2) is 11.3 Å². The van der Waals surface area contributed by atoms with Gasteiger partial charge in [0, 0.05) is 22.6 Å². The van der Waals surface area contributed by atoms with Crippen LogP contribution in [0.3, 0.4) is 0 Å². The van der Waals surface area contributed by atoms with Crippen molar-refractivity contribution in [3.8, 4) is 0 Å². The van der Waals surface area contributed by atoms with Gasteiger partial charge in [-0.1, -0.05) is 32.3 Å². The van der Waals surface area contributed by atoms with Gasteiger partial charge in [-0.3, -0.25) is 0 Å². The third kappa shape index (κ3) is 5.61. The molecule has 1 aliphatic heterocycles. The summed E-state index contributed by atoms with van der Waals surface area (Å²) < 4.78 is 0. The van der Waals surface area contributed by atoms with Crippen LogP contribution < -0.4 is 0 Å². The number of nitrogens with zero attached hydrogens (tertiary/aromatic N) is 1. The molecule has 0 bridgehead atoms. The van der Waals surface area contributed by atoms with Crippen LogP contribution in [-0.4, -0.2) is 34.1 Å². The molecule has 0 saturated carbocycles. The second-order valence-corrected chi connectivity index (χ2v) is 6.04. The molecule has 0 unspecified atom stereocenters. The van der Waals surface area contributed by atoms with Gasteiger partial charge in [-0.2, -0.15) is 0 Å². The first-order valence-electron chi connectivity index (χ1n) is 6.27. The molecule has 0 N–H and O–H groups in total. The van der Waals surface area contributed by atoms with Gasteiger partial charge in [0.25, 0.3) is 0 Å². The van der Waals surface area contributed by atoms with Crippen molar-refractivity contribution in [2.75, 3.05) is 19.6 Å². The van der Waals surface area contributed by atoms with E-state index in [0.717, 1.165) is 0 Å². The van der Waals surface area contributed by atoms with Crippen molar-refractivity contribution in [1.82, 2.24) is 4.90 Å². The Morgan fingerprint density at radius 2 is 1.86 bits per heavy atom. The van der Waals surface area contributed by atoms with E-state index < -0.39 is 0 Å². The van der Waals surface area contributed by atoms with Crippen LogP contribution in [0.1, 0.15) is 39.5 Å². The van der Waals surface area contributed by atoms with E-state index in [4.69, 9.17) is 0 Å². The molecule has 1 aliphatic rings. The minimum absolute atomic E-state index is 0.117. The van der Waals surface area contributed by atoms with E-state index in [9.17, 15) is 0 Å². The SMILES string of the molecule is CCCC(=C[SiH2]CCN1CC1)CCC. The second-order valence-electron chi connectivity index (χ2n) is 4.35. The van der Waals surface area contributed by atoms with Crippen LogP contribution in [-0.2, 0) is 0 Å². The van der Waals surface area contributed by atoms with Crippen molar-refractivity contribution in [3.63, 3.8) is 0 Å². The molecule has 0 radical (unpaired) electrons. The van der Waals surface area contributed by atoms with E-state index in [1.54, 1.807) is 5.57 Å². The molecule has 14 heavy (non-hydrogen) atoms. The van der Waals surface area contributed by atoms with Gasteiger partial charge in [0.15, 0.2) is 0 Å². The van der Waals surface area contributed by atoms with Crippen LogP contribution in [0.4, 0.5) is 0 Å². The molecule has 0 amide bonds. The molecule has 1 fully saturated rings. The van der Waals surface area contributed by atoms with Crippen LogP contribution >= 0.6 is 0 Å². The van der Waals surface area contributed by atoms with Crippen LogP contribution in [0.25, 0.3) is 0 Å². The van der Waals surface area contributed by atoms with Crippen molar-refractivity contribution in [1.29, 1.82) is 0 Å². The molecule has 0 aromatic rings. The van der Waals surface area contributed by atoms with Gasteiger partial charge >= 0.3 is 0 Å². The monoisotopic (exact) mass is 211 g/mol. The van der Waals surface area contributed by atoms with Gasteiger partial charge in [0.2, 0.25) is 0 Å². The van der Waals surface area contributed by atoms with E-state index in [2.05, 4.69) is 24.4 Å². The van der Waals surface area contributed by atoms with Gasteiger partial charge < -0.3 is 4.90 Å². The summed E-state index contributed by atoms with van der Waals surface area (Å²) in [5, 5.41) is 0. The van der Waals surface area contributed by atoms with Crippen molar-refractivity contribution in [2.24, 2.45) is 0 Å². The highest BCUT2D eigenvalue weighted by Gasteiger charge is 2.14. The predicted molar refractivity (Wildman–Crippen MR) is 67.7 cm³/mol. The van der Waals surface area contributed by atoms with E-state index in [1.165, 1.54) is 51.4 Å². The molecule has 1 nitrogen and oxygen atoms in total. The fourth-order valence-corrected chi connectivity index (χ4v) is 3.54. The quantitative estimate of drug-likeness (QED) is 0.338. The Balaban J connectivity index is 2.08. The molecule has 1 saturated heterocycles. The lowest BCUT2D eigenvalue weighted by atomic mass is 10.1. The summed E-state index contributed by atoms with van der Waals surface area (Å²) in [5.41, 5.74) is 4.39. The first-order valence-corrected chi connectivity index (χ1v) is 8.08. The topological polar surface area (TPSA) is 3.01 Å². The molecule has 0 atom stereocenters. The van der Waals surface area contributed by atoms with Gasteiger partial charge in [-0.25, -0.2) is 0 Å². The van der Waals surface area contributed by atoms with E-state index in [1.807, 2.05) is 0 Å². The summed E-state index contributed by atoms with van der Waals surface area (Å²) >= 11 is 0. The van der Waals surface area contributed by atoms with Crippen molar-refractivity contribution in [2.45, 2.75) is 45.6 Å². The highest BCUT2D eigenvalue weighted by molar-refractivity contribution is 6.42. The van der Waals surface area contributed by atoms with E-state index in [-0.39, 0.29) is 9.52 Å². The molecule has 0 aromatic heterocycles. The molecule has 0 spiro atoms. The molecule has 1 rings (SSSR count). The lowest BCUT2D eigenvalue weighted by Crippen LogP contribution is -2.02. The van der Waals surface area contributed by atoms with Crippen molar-refractivity contribution >= 4 is 9.52 Å². The minimum Gasteiger partial charge on any atom is -0.301 e. The highest BCUT2D eigenvalue weighted by Crippen LogP contribution is 2.12. The Morgan fingerprint density at radius 1 is 1.21 bits per heavy atom. The summed E-state index contributed by atoms with van der Waals surface area (Å²) in [7, 11) is 0.117. The first kappa shape index (κ1) is 12.0. The Kier molecular flexibility index (Phi) is 6.20. The predicted octanol–water partition coefficient (Wildman–Crippen LogP) is 2.37. The van der Waals surface area contributed by atoms with Gasteiger partial charge in [-0.15, -0.1) is 5.70 Å². The lowest BCUT2D eigenvalue weighted by molar-refractivity contribution is 0.594. The average Bonchev–Trinajstić information content (AvgIpc) is 2.96. The van der Waals surface area contributed by atoms with Crippen LogP contribution in [0, 0.1) is 0 Å². The Morgan fingerprint density at radius 3 is 2.36 bits per heavy atom. The molecule has 1 heterocycles. The van der Waals surface area contributed by atoms with E-state index >= 15 is 0 Å². The zero-order valence-corrected chi connectivity index (χ0v) is 11.3. The maximum atomic E-state index is 2.64. The Labute approximate surface area is 91.4 Å². The molecular formula is C12H25NSi. The summed E-state index contributed by atoms with van der Waals surface area (Å²) in [4.78, 5) is 2.54. The Hall–Kier alpha value is -0.0831. The van der Waals surface area contributed by atoms with Gasteiger partial charge in [-0.05, 0) is 25.4 Å². The van der Waals surface area contributed by atoms with Crippen LogP contribution in [0.2, 0.25) is 6.04 Å². The minimum atomic E-state index is 0.117. The third-order valence-corrected chi connectivity index (χ3v) is 4.38. The molecule has 0 aliphatic carbocycles. The van der Waals surface area contributed by atoms with Gasteiger partial charge in [0.05, 0.1) is 0 Å². The Bertz CT molecular complexity index is 165. The van der Waals surface area contributed by atoms with Crippen molar-refractivity contribution < 1.29 is 0 Å². The maximum absolute atomic E-state index is 2.64. The standard InChI is InChI=1S/C12H25NSi/c1-3-5-12(6-4-2)11-14-10-9-13-7-8-13/h11H,3-10,14H2,1-2H3. The second kappa shape index (κ2) is 7.24. The molecule has 2 heteroatoms. The number of allylic oxidation sites excluding steroid dienone is 1. The molecule has 82 valence electrons. The molecular weight excluding hydrogens is 186 g/mol. The summed E-state index contributed by atoms with van der Waals surface area (Å²) in [6.07, 6.45) is 5.35.